The number of hydrogen-bond acceptors (Lipinski definition) is 7. The number of rotatable bonds is 4. The fraction of sp³-hybridized carbons (Fsp3) is 0.444. The number of aliphatic hydroxyl groups excluding tert-OH is 3. The van der Waals surface area contributed by atoms with Gasteiger partial charge in [0, 0.05) is 0 Å². The lowest BCUT2D eigenvalue weighted by molar-refractivity contribution is -0.136. The van der Waals surface area contributed by atoms with Crippen LogP contribution in [0.15, 0.2) is 11.0 Å². The monoisotopic (exact) mass is 297 g/mol. The van der Waals surface area contributed by atoms with Gasteiger partial charge < -0.3 is 21.1 Å². The maximum absolute atomic E-state index is 13.5. The number of alkyl halides is 2. The first-order valence-corrected chi connectivity index (χ1v) is 5.07. The van der Waals surface area contributed by atoms with Crippen molar-refractivity contribution in [3.8, 4) is 0 Å². The second-order valence-electron chi connectivity index (χ2n) is 3.75. The number of anilines is 1. The normalized spacial score (nSPS) is 14.9. The SMILES string of the molecule is Nc1nc(=O)n(C(=O)C(F)(F)[C@H](O)[C@@H](O)CO)cc1F. The summed E-state index contributed by atoms with van der Waals surface area (Å²) < 4.78 is 39.7. The molecule has 1 heterocycles. The van der Waals surface area contributed by atoms with Crippen LogP contribution in [-0.4, -0.2) is 55.5 Å². The summed E-state index contributed by atoms with van der Waals surface area (Å²) in [6, 6.07) is 0. The third kappa shape index (κ3) is 2.79. The maximum Gasteiger partial charge on any atom is 0.356 e. The molecule has 8 nitrogen and oxygen atoms in total. The molecule has 0 unspecified atom stereocenters. The fourth-order valence-electron chi connectivity index (χ4n) is 1.22. The Labute approximate surface area is 108 Å². The van der Waals surface area contributed by atoms with Gasteiger partial charge in [0.2, 0.25) is 0 Å². The van der Waals surface area contributed by atoms with Gasteiger partial charge in [0.05, 0.1) is 12.8 Å². The van der Waals surface area contributed by atoms with Gasteiger partial charge in [-0.2, -0.15) is 13.8 Å². The number of carbonyl (C=O) groups excluding carboxylic acids is 1. The van der Waals surface area contributed by atoms with E-state index >= 15 is 0 Å². The van der Waals surface area contributed by atoms with Crippen molar-refractivity contribution in [1.82, 2.24) is 9.55 Å². The molecule has 5 N–H and O–H groups in total. The lowest BCUT2D eigenvalue weighted by Crippen LogP contribution is -2.53. The van der Waals surface area contributed by atoms with Crippen LogP contribution in [0, 0.1) is 5.82 Å². The molecule has 1 rings (SSSR count). The topological polar surface area (TPSA) is 139 Å². The molecule has 0 spiro atoms. The van der Waals surface area contributed by atoms with E-state index in [-0.39, 0.29) is 10.8 Å². The van der Waals surface area contributed by atoms with Gasteiger partial charge in [-0.1, -0.05) is 0 Å². The van der Waals surface area contributed by atoms with Crippen molar-refractivity contribution >= 4 is 11.7 Å². The van der Waals surface area contributed by atoms with Crippen LogP contribution < -0.4 is 11.4 Å². The van der Waals surface area contributed by atoms with E-state index in [0.717, 1.165) is 0 Å². The molecule has 2 atom stereocenters. The minimum atomic E-state index is -4.66. The number of hydrogen-bond donors (Lipinski definition) is 4. The Bertz CT molecular complexity index is 576. The van der Waals surface area contributed by atoms with Crippen LogP contribution in [0.25, 0.3) is 0 Å². The molecule has 11 heteroatoms. The Balaban J connectivity index is 3.24. The summed E-state index contributed by atoms with van der Waals surface area (Å²) >= 11 is 0. The van der Waals surface area contributed by atoms with Gasteiger partial charge in [0.1, 0.15) is 6.10 Å². The highest BCUT2D eigenvalue weighted by Gasteiger charge is 2.51. The molecule has 1 aromatic rings. The number of nitrogens with zero attached hydrogens (tertiary/aromatic N) is 2. The quantitative estimate of drug-likeness (QED) is 0.502. The summed E-state index contributed by atoms with van der Waals surface area (Å²) in [5, 5.41) is 26.4. The third-order valence-corrected chi connectivity index (χ3v) is 2.34. The van der Waals surface area contributed by atoms with Crippen molar-refractivity contribution in [3.63, 3.8) is 0 Å². The first-order valence-electron chi connectivity index (χ1n) is 5.07. The second-order valence-corrected chi connectivity index (χ2v) is 3.75. The molecule has 0 radical (unpaired) electrons. The highest BCUT2D eigenvalue weighted by Crippen LogP contribution is 2.23. The molecular formula is C9H10F3N3O5. The van der Waals surface area contributed by atoms with E-state index in [1.165, 1.54) is 0 Å². The Morgan fingerprint density at radius 2 is 2.05 bits per heavy atom. The number of nitrogens with two attached hydrogens (primary N) is 1. The van der Waals surface area contributed by atoms with Gasteiger partial charge >= 0.3 is 17.5 Å². The van der Waals surface area contributed by atoms with E-state index in [1.807, 2.05) is 0 Å². The van der Waals surface area contributed by atoms with Crippen LogP contribution in [0.1, 0.15) is 4.79 Å². The van der Waals surface area contributed by atoms with E-state index in [9.17, 15) is 22.8 Å². The average molecular weight is 297 g/mol. The van der Waals surface area contributed by atoms with Crippen LogP contribution in [0.3, 0.4) is 0 Å². The molecule has 0 fully saturated rings. The fourth-order valence-corrected chi connectivity index (χ4v) is 1.22. The summed E-state index contributed by atoms with van der Waals surface area (Å²) in [4.78, 5) is 25.4. The van der Waals surface area contributed by atoms with Crippen LogP contribution >= 0.6 is 0 Å². The van der Waals surface area contributed by atoms with Crippen molar-refractivity contribution < 1.29 is 33.3 Å². The lowest BCUT2D eigenvalue weighted by Gasteiger charge is -2.24. The summed E-state index contributed by atoms with van der Waals surface area (Å²) in [6.45, 7) is -1.26. The van der Waals surface area contributed by atoms with Crippen molar-refractivity contribution in [2.45, 2.75) is 18.1 Å². The standard InChI is InChI=1S/C9H10F3N3O5/c10-3-1-15(8(20)14-6(3)13)7(19)9(11,12)5(18)4(17)2-16/h1,4-5,16-18H,2H2,(H2,13,14,20)/t4-,5+/m0/s1. The van der Waals surface area contributed by atoms with E-state index in [2.05, 4.69) is 4.98 Å². The number of nitrogen functional groups attached to an aromatic ring is 1. The van der Waals surface area contributed by atoms with E-state index < -0.39 is 48.0 Å². The molecule has 112 valence electrons. The number of aliphatic hydroxyl groups is 3. The zero-order valence-electron chi connectivity index (χ0n) is 9.70. The van der Waals surface area contributed by atoms with Gasteiger partial charge in [0.25, 0.3) is 0 Å². The van der Waals surface area contributed by atoms with Crippen LogP contribution in [-0.2, 0) is 0 Å². The summed E-state index contributed by atoms with van der Waals surface area (Å²) in [7, 11) is 0. The predicted molar refractivity (Wildman–Crippen MR) is 57.5 cm³/mol. The highest BCUT2D eigenvalue weighted by atomic mass is 19.3. The molecule has 0 aliphatic carbocycles. The van der Waals surface area contributed by atoms with E-state index in [0.29, 0.717) is 0 Å². The molecule has 0 aliphatic heterocycles. The number of carbonyl (C=O) groups is 1. The van der Waals surface area contributed by atoms with E-state index in [4.69, 9.17) is 21.1 Å². The van der Waals surface area contributed by atoms with Crippen molar-refractivity contribution in [1.29, 1.82) is 0 Å². The zero-order chi connectivity index (χ0) is 15.7. The minimum Gasteiger partial charge on any atom is -0.394 e. The molecule has 0 aliphatic rings. The molecule has 0 saturated carbocycles. The Kier molecular flexibility index (Phi) is 4.47. The predicted octanol–water partition coefficient (Wildman–Crippen LogP) is -2.05. The summed E-state index contributed by atoms with van der Waals surface area (Å²) in [6.07, 6.45) is -5.25. The number of aromatic nitrogens is 2. The minimum absolute atomic E-state index is 0.0823. The Morgan fingerprint density at radius 1 is 1.50 bits per heavy atom. The molecule has 20 heavy (non-hydrogen) atoms. The first kappa shape index (κ1) is 16.1. The average Bonchev–Trinajstić information content (AvgIpc) is 2.40. The molecule has 0 saturated heterocycles. The highest BCUT2D eigenvalue weighted by molar-refractivity contribution is 5.86. The van der Waals surface area contributed by atoms with Crippen molar-refractivity contribution in [3.05, 3.63) is 22.5 Å². The number of halogens is 3. The molecule has 0 amide bonds. The van der Waals surface area contributed by atoms with Gasteiger partial charge in [-0.05, 0) is 0 Å². The van der Waals surface area contributed by atoms with Gasteiger partial charge in [0.15, 0.2) is 17.7 Å². The van der Waals surface area contributed by atoms with Crippen LogP contribution in [0.5, 0.6) is 0 Å². The maximum atomic E-state index is 13.5. The second kappa shape index (κ2) is 5.56. The third-order valence-electron chi connectivity index (χ3n) is 2.34. The molecule has 0 bridgehead atoms. The van der Waals surface area contributed by atoms with Gasteiger partial charge in [-0.25, -0.2) is 13.8 Å². The lowest BCUT2D eigenvalue weighted by atomic mass is 10.1. The Morgan fingerprint density at radius 3 is 2.55 bits per heavy atom. The summed E-state index contributed by atoms with van der Waals surface area (Å²) in [5.41, 5.74) is 3.32. The Hall–Kier alpha value is -1.98. The largest absolute Gasteiger partial charge is 0.394 e. The van der Waals surface area contributed by atoms with Crippen LogP contribution in [0.2, 0.25) is 0 Å². The smallest absolute Gasteiger partial charge is 0.356 e. The van der Waals surface area contributed by atoms with Crippen molar-refractivity contribution in [2.75, 3.05) is 12.3 Å². The van der Waals surface area contributed by atoms with Gasteiger partial charge in [-0.15, -0.1) is 0 Å². The van der Waals surface area contributed by atoms with Crippen LogP contribution in [0.4, 0.5) is 19.0 Å². The molecule has 0 aromatic carbocycles. The zero-order valence-corrected chi connectivity index (χ0v) is 9.70. The van der Waals surface area contributed by atoms with Gasteiger partial charge in [-0.3, -0.25) is 4.79 Å². The first-order chi connectivity index (χ1) is 9.12. The molecular weight excluding hydrogens is 287 g/mol. The van der Waals surface area contributed by atoms with E-state index in [1.54, 1.807) is 0 Å². The van der Waals surface area contributed by atoms with Crippen molar-refractivity contribution in [2.24, 2.45) is 0 Å². The summed E-state index contributed by atoms with van der Waals surface area (Å²) in [5.74, 6) is -9.27. The molecule has 1 aromatic heterocycles.